The second kappa shape index (κ2) is 3.39. The lowest BCUT2D eigenvalue weighted by atomic mass is 9.82. The Kier molecular flexibility index (Phi) is 2.91. The zero-order chi connectivity index (χ0) is 12.1. The van der Waals surface area contributed by atoms with E-state index in [4.69, 9.17) is 0 Å². The van der Waals surface area contributed by atoms with Crippen molar-refractivity contribution in [3.05, 3.63) is 0 Å². The summed E-state index contributed by atoms with van der Waals surface area (Å²) in [6.45, 7) is 7.65. The highest BCUT2D eigenvalue weighted by Crippen LogP contribution is 2.37. The average Bonchev–Trinajstić information content (AvgIpc) is 1.99. The van der Waals surface area contributed by atoms with E-state index in [0.717, 1.165) is 5.23 Å². The highest BCUT2D eigenvalue weighted by atomic mass is 32.3. The molecule has 0 aromatic carbocycles. The van der Waals surface area contributed by atoms with Crippen LogP contribution in [-0.2, 0) is 19.0 Å². The Labute approximate surface area is 91.0 Å². The molecule has 0 amide bonds. The van der Waals surface area contributed by atoms with Gasteiger partial charge < -0.3 is 4.90 Å². The van der Waals surface area contributed by atoms with Crippen molar-refractivity contribution in [2.75, 3.05) is 14.1 Å². The van der Waals surface area contributed by atoms with Crippen LogP contribution in [0.25, 0.3) is 0 Å². The van der Waals surface area contributed by atoms with Crippen molar-refractivity contribution in [3.8, 4) is 0 Å². The predicted molar refractivity (Wildman–Crippen MR) is 54.8 cm³/mol. The summed E-state index contributed by atoms with van der Waals surface area (Å²) in [7, 11) is 0.0331. The number of hydrogen-bond donors (Lipinski definition) is 0. The summed E-state index contributed by atoms with van der Waals surface area (Å²) in [5.41, 5.74) is -0.912. The molecule has 1 heterocycles. The summed E-state index contributed by atoms with van der Waals surface area (Å²) < 4.78 is 30.7. The summed E-state index contributed by atoms with van der Waals surface area (Å²) in [6.07, 6.45) is 0. The van der Waals surface area contributed by atoms with E-state index < -0.39 is 15.9 Å². The molecule has 0 bridgehead atoms. The molecule has 1 rings (SSSR count). The maximum Gasteiger partial charge on any atom is 0.436 e. The number of nitrogens with zero attached hydrogens (tertiary/aromatic N) is 2. The maximum absolute atomic E-state index is 10.7. The van der Waals surface area contributed by atoms with E-state index in [1.165, 1.54) is 0 Å². The first-order valence-corrected chi connectivity index (χ1v) is 5.96. The molecular weight excluding hydrogens is 220 g/mol. The molecule has 0 aromatic heterocycles. The smallest absolute Gasteiger partial charge is 0.302 e. The van der Waals surface area contributed by atoms with E-state index in [0.29, 0.717) is 0 Å². The van der Waals surface area contributed by atoms with Gasteiger partial charge in [0.1, 0.15) is 0 Å². The summed E-state index contributed by atoms with van der Waals surface area (Å²) in [4.78, 5) is 1.98. The van der Waals surface area contributed by atoms with E-state index >= 15 is 0 Å². The van der Waals surface area contributed by atoms with Gasteiger partial charge in [-0.1, -0.05) is 0 Å². The van der Waals surface area contributed by atoms with Gasteiger partial charge in [-0.25, -0.2) is 0 Å². The van der Waals surface area contributed by atoms with Crippen molar-refractivity contribution in [1.82, 2.24) is 10.1 Å². The van der Waals surface area contributed by atoms with Crippen LogP contribution in [0.2, 0.25) is 0 Å². The van der Waals surface area contributed by atoms with Gasteiger partial charge in [0, 0.05) is 5.54 Å². The van der Waals surface area contributed by atoms with E-state index in [-0.39, 0.29) is 5.54 Å². The molecule has 1 aliphatic heterocycles. The van der Waals surface area contributed by atoms with Gasteiger partial charge in [0.05, 0.1) is 5.54 Å². The molecule has 0 radical (unpaired) electrons. The van der Waals surface area contributed by atoms with Gasteiger partial charge in [0.25, 0.3) is 0 Å². The Morgan fingerprint density at radius 3 is 1.73 bits per heavy atom. The van der Waals surface area contributed by atoms with E-state index in [2.05, 4.69) is 8.57 Å². The number of likely N-dealkylation sites (N-methyl/N-ethyl adjacent to an activating group) is 1. The Morgan fingerprint density at radius 1 is 1.07 bits per heavy atom. The third-order valence-electron chi connectivity index (χ3n) is 3.39. The largest absolute Gasteiger partial charge is 0.436 e. The quantitative estimate of drug-likeness (QED) is 0.715. The van der Waals surface area contributed by atoms with Crippen LogP contribution >= 0.6 is 0 Å². The summed E-state index contributed by atoms with van der Waals surface area (Å²) in [6, 6.07) is 0. The van der Waals surface area contributed by atoms with Gasteiger partial charge in [-0.3, -0.25) is 0 Å². The van der Waals surface area contributed by atoms with Gasteiger partial charge in [-0.05, 0) is 47.0 Å². The third kappa shape index (κ3) is 2.02. The van der Waals surface area contributed by atoms with Crippen LogP contribution in [-0.4, -0.2) is 43.7 Å². The van der Waals surface area contributed by atoms with Crippen molar-refractivity contribution in [3.63, 3.8) is 0 Å². The number of hydroxylamine groups is 2. The van der Waals surface area contributed by atoms with Gasteiger partial charge >= 0.3 is 10.4 Å². The lowest BCUT2D eigenvalue weighted by molar-refractivity contribution is -0.386. The van der Waals surface area contributed by atoms with E-state index in [1.54, 1.807) is 0 Å². The first kappa shape index (κ1) is 12.9. The Hall–Kier alpha value is -0.210. The Morgan fingerprint density at radius 2 is 1.47 bits per heavy atom. The molecule has 0 saturated carbocycles. The van der Waals surface area contributed by atoms with Crippen LogP contribution in [0.5, 0.6) is 0 Å². The van der Waals surface area contributed by atoms with Gasteiger partial charge in [0.15, 0.2) is 0 Å². The number of rotatable bonds is 3. The Bertz CT molecular complexity index is 336. The topological polar surface area (TPSA) is 59.1 Å². The SMILES string of the molecule is CN(C)C(C)(C)C(C)(C)N1OS(=O)(=O)O1. The zero-order valence-corrected chi connectivity index (χ0v) is 10.8. The fraction of sp³-hybridized carbons (Fsp3) is 1.00. The monoisotopic (exact) mass is 238 g/mol. The molecule has 0 spiro atoms. The first-order chi connectivity index (χ1) is 6.51. The standard InChI is InChI=1S/C8H18N2O4S/c1-7(2,9(5)6)8(3,4)10-13-15(11,12)14-10/h1-6H3. The van der Waals surface area contributed by atoms with E-state index in [9.17, 15) is 8.42 Å². The highest BCUT2D eigenvalue weighted by Gasteiger charge is 2.53. The fourth-order valence-corrected chi connectivity index (χ4v) is 1.84. The molecule has 6 nitrogen and oxygen atoms in total. The van der Waals surface area contributed by atoms with E-state index in [1.807, 2.05) is 46.7 Å². The van der Waals surface area contributed by atoms with Crippen molar-refractivity contribution >= 4 is 10.4 Å². The molecule has 0 unspecified atom stereocenters. The van der Waals surface area contributed by atoms with Crippen molar-refractivity contribution in [2.45, 2.75) is 38.8 Å². The summed E-state index contributed by atoms with van der Waals surface area (Å²) in [5, 5.41) is 1.02. The van der Waals surface area contributed by atoms with Gasteiger partial charge in [-0.15, -0.1) is 8.57 Å². The van der Waals surface area contributed by atoms with Crippen LogP contribution < -0.4 is 0 Å². The summed E-state index contributed by atoms with van der Waals surface area (Å²) >= 11 is 0. The molecule has 0 atom stereocenters. The molecule has 1 fully saturated rings. The predicted octanol–water partition coefficient (Wildman–Crippen LogP) is 0.529. The molecule has 0 aromatic rings. The molecule has 1 aliphatic rings. The minimum Gasteiger partial charge on any atom is -0.302 e. The minimum atomic E-state index is -3.79. The van der Waals surface area contributed by atoms with Crippen molar-refractivity contribution < 1.29 is 17.0 Å². The highest BCUT2D eigenvalue weighted by molar-refractivity contribution is 7.82. The Balaban J connectivity index is 2.85. The van der Waals surface area contributed by atoms with Crippen LogP contribution in [0.3, 0.4) is 0 Å². The zero-order valence-electron chi connectivity index (χ0n) is 9.94. The van der Waals surface area contributed by atoms with Gasteiger partial charge in [-0.2, -0.15) is 8.42 Å². The summed E-state index contributed by atoms with van der Waals surface area (Å²) in [5.74, 6) is 0. The molecule has 1 saturated heterocycles. The average molecular weight is 238 g/mol. The third-order valence-corrected chi connectivity index (χ3v) is 4.03. The van der Waals surface area contributed by atoms with Gasteiger partial charge in [0.2, 0.25) is 0 Å². The molecule has 7 heteroatoms. The minimum absolute atomic E-state index is 0.317. The lowest BCUT2D eigenvalue weighted by Gasteiger charge is -2.51. The molecular formula is C8H18N2O4S. The van der Waals surface area contributed by atoms with Crippen LogP contribution in [0, 0.1) is 0 Å². The van der Waals surface area contributed by atoms with Crippen molar-refractivity contribution in [1.29, 1.82) is 0 Å². The normalized spacial score (nSPS) is 22.9. The second-order valence-electron chi connectivity index (χ2n) is 4.83. The molecule has 0 N–H and O–H groups in total. The van der Waals surface area contributed by atoms with Crippen molar-refractivity contribution in [2.24, 2.45) is 0 Å². The lowest BCUT2D eigenvalue weighted by Crippen LogP contribution is -2.67. The fourth-order valence-electron chi connectivity index (χ4n) is 1.13. The number of hydrogen-bond acceptors (Lipinski definition) is 6. The maximum atomic E-state index is 10.7. The van der Waals surface area contributed by atoms with Crippen LogP contribution in [0.15, 0.2) is 0 Å². The molecule has 0 aliphatic carbocycles. The molecule has 15 heavy (non-hydrogen) atoms. The second-order valence-corrected chi connectivity index (χ2v) is 5.94. The molecule has 90 valence electrons. The van der Waals surface area contributed by atoms with Crippen LogP contribution in [0.1, 0.15) is 27.7 Å². The first-order valence-electron chi connectivity index (χ1n) is 4.62. The van der Waals surface area contributed by atoms with Crippen LogP contribution in [0.4, 0.5) is 0 Å².